The molecule has 1 amide bonds. The number of nitrogens with one attached hydrogen (secondary N) is 1. The molecule has 1 atom stereocenters. The number of aliphatic hydroxyl groups excluding tert-OH is 1. The molecule has 0 aliphatic carbocycles. The number of fused-ring (bicyclic) bond motifs is 2. The van der Waals surface area contributed by atoms with E-state index in [9.17, 15) is 14.7 Å². The number of rotatable bonds is 4. The van der Waals surface area contributed by atoms with Crippen molar-refractivity contribution in [2.24, 2.45) is 0 Å². The Morgan fingerprint density at radius 1 is 1.26 bits per heavy atom. The third-order valence-electron chi connectivity index (χ3n) is 5.84. The van der Waals surface area contributed by atoms with Crippen molar-refractivity contribution in [1.29, 1.82) is 0 Å². The highest BCUT2D eigenvalue weighted by Gasteiger charge is 2.28. The molecule has 4 rings (SSSR count). The van der Waals surface area contributed by atoms with Crippen LogP contribution in [0.5, 0.6) is 5.75 Å². The van der Waals surface area contributed by atoms with Crippen molar-refractivity contribution in [3.63, 3.8) is 0 Å². The Hall–Kier alpha value is -3.12. The zero-order chi connectivity index (χ0) is 22.3. The minimum atomic E-state index is -0.632. The van der Waals surface area contributed by atoms with E-state index >= 15 is 0 Å². The Morgan fingerprint density at radius 3 is 2.77 bits per heavy atom. The smallest absolute Gasteiger partial charge is 0.340 e. The highest BCUT2D eigenvalue weighted by Crippen LogP contribution is 2.36. The second-order valence-electron chi connectivity index (χ2n) is 8.84. The largest absolute Gasteiger partial charge is 0.487 e. The molecule has 0 spiro atoms. The predicted molar refractivity (Wildman–Crippen MR) is 120 cm³/mol. The van der Waals surface area contributed by atoms with E-state index < -0.39 is 11.7 Å². The maximum atomic E-state index is 12.7. The first-order valence-corrected chi connectivity index (χ1v) is 10.5. The standard InChI is InChI=1S/C25H27NO5/c1-14-19-11-17-8-9-25(3,4)31-21(17)13-22(19)30-24(29)20(14)12-23(28)26-18-7-5-6-16(10-18)15(2)27/h5-7,10-11,13,15,27H,8-9,12H2,1-4H3,(H,26,28). The van der Waals surface area contributed by atoms with Gasteiger partial charge in [-0.25, -0.2) is 4.79 Å². The minimum Gasteiger partial charge on any atom is -0.487 e. The van der Waals surface area contributed by atoms with Crippen LogP contribution in [-0.2, 0) is 17.6 Å². The van der Waals surface area contributed by atoms with Crippen molar-refractivity contribution in [3.8, 4) is 5.75 Å². The molecule has 0 saturated heterocycles. The molecule has 0 radical (unpaired) electrons. The SMILES string of the molecule is Cc1c(CC(=O)Nc2cccc(C(C)O)c2)c(=O)oc2cc3c(cc12)CCC(C)(C)O3. The van der Waals surface area contributed by atoms with Crippen molar-refractivity contribution >= 4 is 22.6 Å². The summed E-state index contributed by atoms with van der Waals surface area (Å²) < 4.78 is 11.6. The van der Waals surface area contributed by atoms with E-state index in [0.717, 1.165) is 35.1 Å². The fraction of sp³-hybridized carbons (Fsp3) is 0.360. The third kappa shape index (κ3) is 4.35. The normalized spacial score (nSPS) is 15.8. The number of ether oxygens (including phenoxy) is 1. The Labute approximate surface area is 180 Å². The van der Waals surface area contributed by atoms with Crippen molar-refractivity contribution in [3.05, 3.63) is 69.1 Å². The molecular formula is C25H27NO5. The Morgan fingerprint density at radius 2 is 2.03 bits per heavy atom. The van der Waals surface area contributed by atoms with Crippen LogP contribution < -0.4 is 15.7 Å². The van der Waals surface area contributed by atoms with Gasteiger partial charge in [0.25, 0.3) is 0 Å². The zero-order valence-electron chi connectivity index (χ0n) is 18.2. The van der Waals surface area contributed by atoms with Gasteiger partial charge in [0.2, 0.25) is 5.91 Å². The summed E-state index contributed by atoms with van der Waals surface area (Å²) in [5.41, 5.74) is 3.13. The molecule has 1 aromatic heterocycles. The molecule has 6 heteroatoms. The first-order chi connectivity index (χ1) is 14.6. The van der Waals surface area contributed by atoms with Crippen molar-refractivity contribution in [1.82, 2.24) is 0 Å². The topological polar surface area (TPSA) is 88.8 Å². The second-order valence-corrected chi connectivity index (χ2v) is 8.84. The molecule has 0 saturated carbocycles. The van der Waals surface area contributed by atoms with Gasteiger partial charge in [-0.05, 0) is 75.4 Å². The molecular weight excluding hydrogens is 394 g/mol. The number of aryl methyl sites for hydroxylation is 2. The average molecular weight is 421 g/mol. The molecule has 1 aliphatic rings. The fourth-order valence-corrected chi connectivity index (χ4v) is 3.98. The summed E-state index contributed by atoms with van der Waals surface area (Å²) in [6, 6.07) is 10.8. The van der Waals surface area contributed by atoms with Gasteiger partial charge >= 0.3 is 5.63 Å². The quantitative estimate of drug-likeness (QED) is 0.608. The number of aliphatic hydroxyl groups is 1. The van der Waals surface area contributed by atoms with Crippen LogP contribution in [0.15, 0.2) is 45.6 Å². The molecule has 162 valence electrons. The predicted octanol–water partition coefficient (Wildman–Crippen LogP) is 4.44. The van der Waals surface area contributed by atoms with Crippen LogP contribution in [0.1, 0.15) is 55.5 Å². The molecule has 0 fully saturated rings. The third-order valence-corrected chi connectivity index (χ3v) is 5.84. The molecule has 2 heterocycles. The molecule has 1 unspecified atom stereocenters. The lowest BCUT2D eigenvalue weighted by atomic mass is 9.92. The number of carbonyl (C=O) groups is 1. The van der Waals surface area contributed by atoms with Crippen LogP contribution in [0.2, 0.25) is 0 Å². The summed E-state index contributed by atoms with van der Waals surface area (Å²) in [6.07, 6.45) is 1.06. The summed E-state index contributed by atoms with van der Waals surface area (Å²) in [7, 11) is 0. The molecule has 6 nitrogen and oxygen atoms in total. The Kier molecular flexibility index (Phi) is 5.35. The molecule has 31 heavy (non-hydrogen) atoms. The van der Waals surface area contributed by atoms with E-state index in [2.05, 4.69) is 5.32 Å². The maximum Gasteiger partial charge on any atom is 0.340 e. The molecule has 2 N–H and O–H groups in total. The number of amides is 1. The Balaban J connectivity index is 1.63. The maximum absolute atomic E-state index is 12.7. The van der Waals surface area contributed by atoms with Crippen LogP contribution in [0.4, 0.5) is 5.69 Å². The summed E-state index contributed by atoms with van der Waals surface area (Å²) in [6.45, 7) is 7.59. The highest BCUT2D eigenvalue weighted by molar-refractivity contribution is 5.93. The first kappa shape index (κ1) is 21.1. The summed E-state index contributed by atoms with van der Waals surface area (Å²) in [5, 5.41) is 13.3. The van der Waals surface area contributed by atoms with Gasteiger partial charge in [0.1, 0.15) is 16.9 Å². The van der Waals surface area contributed by atoms with Crippen molar-refractivity contribution in [2.75, 3.05) is 5.32 Å². The lowest BCUT2D eigenvalue weighted by Crippen LogP contribution is -2.32. The van der Waals surface area contributed by atoms with E-state index in [0.29, 0.717) is 22.4 Å². The van der Waals surface area contributed by atoms with E-state index in [-0.39, 0.29) is 17.9 Å². The number of carbonyl (C=O) groups excluding carboxylic acids is 1. The van der Waals surface area contributed by atoms with Crippen LogP contribution in [0, 0.1) is 6.92 Å². The van der Waals surface area contributed by atoms with Crippen molar-refractivity contribution < 1.29 is 19.1 Å². The lowest BCUT2D eigenvalue weighted by Gasteiger charge is -2.32. The number of hydrogen-bond acceptors (Lipinski definition) is 5. The van der Waals surface area contributed by atoms with Gasteiger partial charge < -0.3 is 19.6 Å². The summed E-state index contributed by atoms with van der Waals surface area (Å²) >= 11 is 0. The number of benzene rings is 2. The van der Waals surface area contributed by atoms with Gasteiger partial charge in [-0.2, -0.15) is 0 Å². The zero-order valence-corrected chi connectivity index (χ0v) is 18.2. The van der Waals surface area contributed by atoms with E-state index in [1.165, 1.54) is 0 Å². The fourth-order valence-electron chi connectivity index (χ4n) is 3.98. The molecule has 3 aromatic rings. The average Bonchev–Trinajstić information content (AvgIpc) is 2.69. The van der Waals surface area contributed by atoms with Gasteiger partial charge in [-0.3, -0.25) is 4.79 Å². The Bertz CT molecular complexity index is 1220. The molecule has 0 bridgehead atoms. The second kappa shape index (κ2) is 7.85. The van der Waals surface area contributed by atoms with E-state index in [4.69, 9.17) is 9.15 Å². The molecule has 1 aliphatic heterocycles. The lowest BCUT2D eigenvalue weighted by molar-refractivity contribution is -0.115. The number of hydrogen-bond donors (Lipinski definition) is 2. The van der Waals surface area contributed by atoms with Crippen LogP contribution in [0.3, 0.4) is 0 Å². The summed E-state index contributed by atoms with van der Waals surface area (Å²) in [5.74, 6) is 0.426. The highest BCUT2D eigenvalue weighted by atomic mass is 16.5. The van der Waals surface area contributed by atoms with Crippen LogP contribution in [-0.4, -0.2) is 16.6 Å². The summed E-state index contributed by atoms with van der Waals surface area (Å²) in [4.78, 5) is 25.3. The van der Waals surface area contributed by atoms with E-state index in [1.807, 2.05) is 26.8 Å². The van der Waals surface area contributed by atoms with Gasteiger partial charge in [-0.1, -0.05) is 12.1 Å². The monoisotopic (exact) mass is 421 g/mol. The van der Waals surface area contributed by atoms with Crippen LogP contribution in [0.25, 0.3) is 11.0 Å². The van der Waals surface area contributed by atoms with Gasteiger partial charge in [0.05, 0.1) is 18.1 Å². The van der Waals surface area contributed by atoms with Gasteiger partial charge in [0, 0.05) is 17.1 Å². The van der Waals surface area contributed by atoms with Gasteiger partial charge in [-0.15, -0.1) is 0 Å². The van der Waals surface area contributed by atoms with E-state index in [1.54, 1.807) is 37.3 Å². The van der Waals surface area contributed by atoms with Gasteiger partial charge in [0.15, 0.2) is 0 Å². The minimum absolute atomic E-state index is 0.0936. The van der Waals surface area contributed by atoms with Crippen molar-refractivity contribution in [2.45, 2.75) is 58.7 Å². The number of anilines is 1. The van der Waals surface area contributed by atoms with Crippen LogP contribution >= 0.6 is 0 Å². The molecule has 2 aromatic carbocycles. The first-order valence-electron chi connectivity index (χ1n) is 10.5.